The molecule has 0 bridgehead atoms. The number of fused-ring (bicyclic) bond motifs is 1. The van der Waals surface area contributed by atoms with Gasteiger partial charge >= 0.3 is 5.97 Å². The molecule has 106 valence electrons. The highest BCUT2D eigenvalue weighted by Gasteiger charge is 2.16. The third kappa shape index (κ3) is 2.62. The zero-order valence-corrected chi connectivity index (χ0v) is 12.1. The highest BCUT2D eigenvalue weighted by atomic mass is 35.5. The molecule has 0 spiro atoms. The third-order valence-corrected chi connectivity index (χ3v) is 3.60. The summed E-state index contributed by atoms with van der Waals surface area (Å²) >= 11 is 5.95. The Kier molecular flexibility index (Phi) is 3.39. The molecule has 0 fully saturated rings. The number of carbonyl (C=O) groups is 1. The normalized spacial score (nSPS) is 11.0. The molecule has 1 N–H and O–H groups in total. The van der Waals surface area contributed by atoms with Crippen molar-refractivity contribution in [3.05, 3.63) is 64.3 Å². The van der Waals surface area contributed by atoms with Crippen molar-refractivity contribution < 1.29 is 9.90 Å². The molecule has 3 rings (SSSR count). The summed E-state index contributed by atoms with van der Waals surface area (Å²) in [5.41, 5.74) is 3.04. The van der Waals surface area contributed by atoms with E-state index in [9.17, 15) is 9.90 Å². The summed E-state index contributed by atoms with van der Waals surface area (Å²) in [6.07, 6.45) is 0. The second-order valence-electron chi connectivity index (χ2n) is 4.96. The Labute approximate surface area is 126 Å². The van der Waals surface area contributed by atoms with Gasteiger partial charge in [-0.05, 0) is 30.7 Å². The Bertz CT molecular complexity index is 822. The molecule has 0 radical (unpaired) electrons. The van der Waals surface area contributed by atoms with Crippen LogP contribution in [0.25, 0.3) is 10.9 Å². The summed E-state index contributed by atoms with van der Waals surface area (Å²) in [5, 5.41) is 14.5. The third-order valence-electron chi connectivity index (χ3n) is 3.37. The molecule has 0 amide bonds. The Morgan fingerprint density at radius 3 is 2.62 bits per heavy atom. The van der Waals surface area contributed by atoms with Gasteiger partial charge in [0.15, 0.2) is 5.69 Å². The van der Waals surface area contributed by atoms with Crippen molar-refractivity contribution in [1.82, 2.24) is 9.78 Å². The lowest BCUT2D eigenvalue weighted by molar-refractivity contribution is 0.0691. The van der Waals surface area contributed by atoms with E-state index in [0.29, 0.717) is 17.0 Å². The number of aromatic carboxylic acids is 1. The van der Waals surface area contributed by atoms with Crippen LogP contribution in [0.2, 0.25) is 5.02 Å². The second-order valence-corrected chi connectivity index (χ2v) is 5.39. The van der Waals surface area contributed by atoms with Crippen LogP contribution in [0.5, 0.6) is 0 Å². The fourth-order valence-electron chi connectivity index (χ4n) is 2.30. The molecule has 0 aliphatic rings. The first-order valence-corrected chi connectivity index (χ1v) is 6.87. The van der Waals surface area contributed by atoms with E-state index in [0.717, 1.165) is 11.1 Å². The highest BCUT2D eigenvalue weighted by molar-refractivity contribution is 6.31. The predicted molar refractivity (Wildman–Crippen MR) is 82.0 cm³/mol. The van der Waals surface area contributed by atoms with Crippen LogP contribution < -0.4 is 0 Å². The molecule has 21 heavy (non-hydrogen) atoms. The molecule has 2 aromatic carbocycles. The maximum absolute atomic E-state index is 11.3. The number of aryl methyl sites for hydroxylation is 1. The summed E-state index contributed by atoms with van der Waals surface area (Å²) in [7, 11) is 0. The first-order chi connectivity index (χ1) is 10.0. The number of benzene rings is 2. The molecule has 4 nitrogen and oxygen atoms in total. The zero-order chi connectivity index (χ0) is 15.0. The van der Waals surface area contributed by atoms with Crippen molar-refractivity contribution in [2.24, 2.45) is 0 Å². The molecule has 0 unspecified atom stereocenters. The molecular weight excluding hydrogens is 288 g/mol. The van der Waals surface area contributed by atoms with E-state index in [1.54, 1.807) is 22.9 Å². The summed E-state index contributed by atoms with van der Waals surface area (Å²) in [6, 6.07) is 13.2. The van der Waals surface area contributed by atoms with Gasteiger partial charge in [-0.2, -0.15) is 5.10 Å². The molecule has 0 aliphatic heterocycles. The molecule has 0 aliphatic carbocycles. The van der Waals surface area contributed by atoms with E-state index < -0.39 is 5.97 Å². The maximum atomic E-state index is 11.3. The molecule has 0 saturated heterocycles. The quantitative estimate of drug-likeness (QED) is 0.801. The number of hydrogen-bond acceptors (Lipinski definition) is 2. The topological polar surface area (TPSA) is 55.1 Å². The lowest BCUT2D eigenvalue weighted by atomic mass is 10.1. The summed E-state index contributed by atoms with van der Waals surface area (Å²) in [5.74, 6) is -1.05. The number of carboxylic acid groups (broad SMARTS) is 1. The van der Waals surface area contributed by atoms with Crippen LogP contribution in [0.3, 0.4) is 0 Å². The lowest BCUT2D eigenvalue weighted by Gasteiger charge is -2.04. The Hall–Kier alpha value is -2.33. The van der Waals surface area contributed by atoms with Gasteiger partial charge in [0, 0.05) is 10.4 Å². The van der Waals surface area contributed by atoms with Crippen molar-refractivity contribution in [2.45, 2.75) is 13.5 Å². The average Bonchev–Trinajstić information content (AvgIpc) is 2.79. The van der Waals surface area contributed by atoms with Crippen molar-refractivity contribution in [3.8, 4) is 0 Å². The minimum atomic E-state index is -1.05. The zero-order valence-electron chi connectivity index (χ0n) is 11.4. The van der Waals surface area contributed by atoms with Crippen LogP contribution in [0.4, 0.5) is 0 Å². The largest absolute Gasteiger partial charge is 0.476 e. The molecule has 5 heteroatoms. The van der Waals surface area contributed by atoms with E-state index in [1.807, 2.05) is 31.2 Å². The lowest BCUT2D eigenvalue weighted by Crippen LogP contribution is -2.04. The van der Waals surface area contributed by atoms with Crippen LogP contribution in [-0.4, -0.2) is 20.9 Å². The molecule has 1 aromatic heterocycles. The standard InChI is InChI=1S/C16H13ClN2O2/c1-10-2-4-11(5-3-10)9-19-14-7-6-12(17)8-13(14)15(18-19)16(20)21/h2-8H,9H2,1H3,(H,20,21). The van der Waals surface area contributed by atoms with Crippen LogP contribution in [0, 0.1) is 6.92 Å². The van der Waals surface area contributed by atoms with E-state index in [2.05, 4.69) is 5.10 Å². The van der Waals surface area contributed by atoms with Gasteiger partial charge in [-0.15, -0.1) is 0 Å². The van der Waals surface area contributed by atoms with E-state index in [1.165, 1.54) is 5.56 Å². The summed E-state index contributed by atoms with van der Waals surface area (Å²) in [6.45, 7) is 2.54. The van der Waals surface area contributed by atoms with Crippen molar-refractivity contribution in [3.63, 3.8) is 0 Å². The number of halogens is 1. The Morgan fingerprint density at radius 1 is 1.24 bits per heavy atom. The highest BCUT2D eigenvalue weighted by Crippen LogP contribution is 2.23. The average molecular weight is 301 g/mol. The smallest absolute Gasteiger partial charge is 0.357 e. The second kappa shape index (κ2) is 5.22. The number of carboxylic acids is 1. The van der Waals surface area contributed by atoms with E-state index in [-0.39, 0.29) is 5.69 Å². The number of rotatable bonds is 3. The predicted octanol–water partition coefficient (Wildman–Crippen LogP) is 3.74. The van der Waals surface area contributed by atoms with Crippen LogP contribution >= 0.6 is 11.6 Å². The summed E-state index contributed by atoms with van der Waals surface area (Å²) < 4.78 is 1.69. The van der Waals surface area contributed by atoms with Crippen molar-refractivity contribution in [2.75, 3.05) is 0 Å². The van der Waals surface area contributed by atoms with Gasteiger partial charge in [-0.25, -0.2) is 4.79 Å². The minimum Gasteiger partial charge on any atom is -0.476 e. The maximum Gasteiger partial charge on any atom is 0.357 e. The van der Waals surface area contributed by atoms with Gasteiger partial charge < -0.3 is 5.11 Å². The van der Waals surface area contributed by atoms with Crippen molar-refractivity contribution >= 4 is 28.5 Å². The number of hydrogen-bond donors (Lipinski definition) is 1. The van der Waals surface area contributed by atoms with Gasteiger partial charge in [-0.3, -0.25) is 4.68 Å². The van der Waals surface area contributed by atoms with Gasteiger partial charge in [0.2, 0.25) is 0 Å². The number of aromatic nitrogens is 2. The first-order valence-electron chi connectivity index (χ1n) is 6.49. The van der Waals surface area contributed by atoms with Gasteiger partial charge in [0.05, 0.1) is 12.1 Å². The van der Waals surface area contributed by atoms with Crippen LogP contribution in [-0.2, 0) is 6.54 Å². The number of nitrogens with zero attached hydrogens (tertiary/aromatic N) is 2. The molecule has 0 atom stereocenters. The Balaban J connectivity index is 2.10. The fourth-order valence-corrected chi connectivity index (χ4v) is 2.47. The van der Waals surface area contributed by atoms with Gasteiger partial charge in [0.25, 0.3) is 0 Å². The molecule has 1 heterocycles. The van der Waals surface area contributed by atoms with Crippen LogP contribution in [0.1, 0.15) is 21.6 Å². The first kappa shape index (κ1) is 13.6. The molecular formula is C16H13ClN2O2. The van der Waals surface area contributed by atoms with Crippen molar-refractivity contribution in [1.29, 1.82) is 0 Å². The van der Waals surface area contributed by atoms with Gasteiger partial charge in [-0.1, -0.05) is 41.4 Å². The monoisotopic (exact) mass is 300 g/mol. The van der Waals surface area contributed by atoms with E-state index >= 15 is 0 Å². The van der Waals surface area contributed by atoms with Gasteiger partial charge in [0.1, 0.15) is 0 Å². The SMILES string of the molecule is Cc1ccc(Cn2nc(C(=O)O)c3cc(Cl)ccc32)cc1. The van der Waals surface area contributed by atoms with Crippen LogP contribution in [0.15, 0.2) is 42.5 Å². The minimum absolute atomic E-state index is 0.0274. The fraction of sp³-hybridized carbons (Fsp3) is 0.125. The Morgan fingerprint density at radius 2 is 1.95 bits per heavy atom. The summed E-state index contributed by atoms with van der Waals surface area (Å²) in [4.78, 5) is 11.3. The molecule has 0 saturated carbocycles. The molecule has 3 aromatic rings. The van der Waals surface area contributed by atoms with E-state index in [4.69, 9.17) is 11.6 Å².